The van der Waals surface area contributed by atoms with Crippen molar-refractivity contribution in [2.45, 2.75) is 39.1 Å². The highest BCUT2D eigenvalue weighted by molar-refractivity contribution is 5.95. The summed E-state index contributed by atoms with van der Waals surface area (Å²) in [6.45, 7) is 2.19. The minimum Gasteiger partial charge on any atom is -0.494 e. The number of nitrogens with zero attached hydrogens (tertiary/aromatic N) is 6. The summed E-state index contributed by atoms with van der Waals surface area (Å²) >= 11 is 0. The maximum atomic E-state index is 15.3. The van der Waals surface area contributed by atoms with E-state index in [1.165, 1.54) is 37.5 Å². The molecule has 0 saturated heterocycles. The van der Waals surface area contributed by atoms with E-state index in [2.05, 4.69) is 50.9 Å². The average molecular weight is 570 g/mol. The first-order chi connectivity index (χ1) is 19.8. The number of amides is 1. The minimum absolute atomic E-state index is 0.0104. The number of nitrogens with one attached hydrogen (secondary N) is 1. The molecule has 5 rings (SSSR count). The summed E-state index contributed by atoms with van der Waals surface area (Å²) in [5.41, 5.74) is 3.95. The molecule has 1 N–H and O–H groups in total. The third-order valence-corrected chi connectivity index (χ3v) is 6.99. The number of ether oxygens (including phenoxy) is 2. The van der Waals surface area contributed by atoms with Gasteiger partial charge in [-0.15, -0.1) is 5.10 Å². The summed E-state index contributed by atoms with van der Waals surface area (Å²) in [6, 6.07) is 9.17. The van der Waals surface area contributed by atoms with Gasteiger partial charge in [-0.3, -0.25) is 9.48 Å². The molecule has 1 aliphatic rings. The van der Waals surface area contributed by atoms with Crippen LogP contribution in [0.4, 0.5) is 13.2 Å². The quantitative estimate of drug-likeness (QED) is 0.311. The molecule has 13 heteroatoms. The standard InChI is InChI=1S/C28H30F3N7O3/c1-36-9-8-18-10-17(4-5-19(18)13-36)12-37-14-21(23(34-37)16-40-2)28(39)32-11-20-24(6-7-25(41-3)26(20)29)38-15-22(27(30)31)33-35-38/h4-7,10,14-15,27H,8-9,11-13,16H2,1-3H3,(H,32,39). The molecule has 216 valence electrons. The van der Waals surface area contributed by atoms with E-state index >= 15 is 4.39 Å². The van der Waals surface area contributed by atoms with Crippen molar-refractivity contribution in [1.29, 1.82) is 0 Å². The molecule has 0 atom stereocenters. The number of aromatic nitrogens is 5. The van der Waals surface area contributed by atoms with Gasteiger partial charge in [0.15, 0.2) is 11.6 Å². The number of hydrogen-bond acceptors (Lipinski definition) is 7. The fourth-order valence-electron chi connectivity index (χ4n) is 4.90. The third kappa shape index (κ3) is 6.10. The van der Waals surface area contributed by atoms with Crippen molar-refractivity contribution in [3.8, 4) is 11.4 Å². The highest BCUT2D eigenvalue weighted by atomic mass is 19.3. The number of rotatable bonds is 10. The minimum atomic E-state index is -2.84. The highest BCUT2D eigenvalue weighted by Crippen LogP contribution is 2.27. The number of fused-ring (bicyclic) bond motifs is 1. The van der Waals surface area contributed by atoms with Gasteiger partial charge < -0.3 is 19.7 Å². The molecule has 0 unspecified atom stereocenters. The molecule has 2 aromatic heterocycles. The molecule has 0 radical (unpaired) electrons. The van der Waals surface area contributed by atoms with E-state index in [-0.39, 0.29) is 35.7 Å². The predicted molar refractivity (Wildman–Crippen MR) is 143 cm³/mol. The van der Waals surface area contributed by atoms with Crippen LogP contribution in [0, 0.1) is 5.82 Å². The fourth-order valence-corrected chi connectivity index (χ4v) is 4.90. The van der Waals surface area contributed by atoms with Crippen molar-refractivity contribution in [3.05, 3.63) is 87.7 Å². The van der Waals surface area contributed by atoms with Crippen LogP contribution in [0.15, 0.2) is 42.7 Å². The van der Waals surface area contributed by atoms with Crippen LogP contribution < -0.4 is 10.1 Å². The number of likely N-dealkylation sites (N-methyl/N-ethyl adjacent to an activating group) is 1. The van der Waals surface area contributed by atoms with E-state index in [1.807, 2.05) is 0 Å². The van der Waals surface area contributed by atoms with Gasteiger partial charge in [-0.25, -0.2) is 17.9 Å². The van der Waals surface area contributed by atoms with Crippen LogP contribution in [0.1, 0.15) is 50.4 Å². The number of alkyl halides is 2. The highest BCUT2D eigenvalue weighted by Gasteiger charge is 2.22. The lowest BCUT2D eigenvalue weighted by Crippen LogP contribution is -2.26. The molecule has 41 heavy (non-hydrogen) atoms. The summed E-state index contributed by atoms with van der Waals surface area (Å²) in [7, 11) is 4.91. The van der Waals surface area contributed by atoms with Crippen molar-refractivity contribution in [1.82, 2.24) is 35.0 Å². The maximum absolute atomic E-state index is 15.3. The monoisotopic (exact) mass is 569 g/mol. The van der Waals surface area contributed by atoms with E-state index in [0.717, 1.165) is 36.0 Å². The first kappa shape index (κ1) is 28.3. The second kappa shape index (κ2) is 12.1. The Morgan fingerprint density at radius 1 is 1.15 bits per heavy atom. The lowest BCUT2D eigenvalue weighted by atomic mass is 9.97. The number of methoxy groups -OCH3 is 2. The number of hydrogen-bond donors (Lipinski definition) is 1. The fraction of sp³-hybridized carbons (Fsp3) is 0.357. The summed E-state index contributed by atoms with van der Waals surface area (Å²) in [5.74, 6) is -1.33. The molecule has 4 aromatic rings. The van der Waals surface area contributed by atoms with Crippen LogP contribution in [-0.2, 0) is 37.4 Å². The van der Waals surface area contributed by atoms with Gasteiger partial charge in [0.2, 0.25) is 0 Å². The van der Waals surface area contributed by atoms with Gasteiger partial charge in [-0.1, -0.05) is 23.4 Å². The molecule has 1 amide bonds. The Balaban J connectivity index is 1.37. The van der Waals surface area contributed by atoms with E-state index in [9.17, 15) is 13.6 Å². The van der Waals surface area contributed by atoms with Gasteiger partial charge in [-0.05, 0) is 42.3 Å². The van der Waals surface area contributed by atoms with Crippen molar-refractivity contribution < 1.29 is 27.4 Å². The summed E-state index contributed by atoms with van der Waals surface area (Å²) in [5, 5.41) is 14.4. The van der Waals surface area contributed by atoms with Crippen molar-refractivity contribution in [3.63, 3.8) is 0 Å². The molecule has 0 saturated carbocycles. The average Bonchev–Trinajstić information content (AvgIpc) is 3.60. The molecule has 1 aliphatic heterocycles. The first-order valence-corrected chi connectivity index (χ1v) is 13.0. The van der Waals surface area contributed by atoms with Gasteiger partial charge in [-0.2, -0.15) is 5.10 Å². The molecular formula is C28H30F3N7O3. The van der Waals surface area contributed by atoms with Crippen LogP contribution in [0.2, 0.25) is 0 Å². The Morgan fingerprint density at radius 3 is 2.71 bits per heavy atom. The number of halogens is 3. The van der Waals surface area contributed by atoms with Gasteiger partial charge in [0, 0.05) is 38.5 Å². The second-order valence-corrected chi connectivity index (χ2v) is 9.86. The Kier molecular flexibility index (Phi) is 8.36. The Hall–Kier alpha value is -4.23. The van der Waals surface area contributed by atoms with E-state index < -0.39 is 23.8 Å². The zero-order valence-electron chi connectivity index (χ0n) is 22.9. The van der Waals surface area contributed by atoms with Crippen LogP contribution in [-0.4, -0.2) is 63.4 Å². The molecular weight excluding hydrogens is 539 g/mol. The van der Waals surface area contributed by atoms with Crippen LogP contribution in [0.5, 0.6) is 5.75 Å². The number of carbonyl (C=O) groups is 1. The Morgan fingerprint density at radius 2 is 1.98 bits per heavy atom. The van der Waals surface area contributed by atoms with Gasteiger partial charge in [0.25, 0.3) is 12.3 Å². The third-order valence-electron chi connectivity index (χ3n) is 6.99. The van der Waals surface area contributed by atoms with Gasteiger partial charge in [0.1, 0.15) is 11.4 Å². The van der Waals surface area contributed by atoms with Gasteiger partial charge in [0.05, 0.1) is 37.7 Å². The summed E-state index contributed by atoms with van der Waals surface area (Å²) in [4.78, 5) is 15.6. The maximum Gasteiger partial charge on any atom is 0.283 e. The molecule has 3 heterocycles. The Bertz CT molecular complexity index is 1550. The lowest BCUT2D eigenvalue weighted by molar-refractivity contribution is 0.0945. The van der Waals surface area contributed by atoms with E-state index in [4.69, 9.17) is 9.47 Å². The largest absolute Gasteiger partial charge is 0.494 e. The lowest BCUT2D eigenvalue weighted by Gasteiger charge is -2.25. The molecule has 0 spiro atoms. The number of benzene rings is 2. The summed E-state index contributed by atoms with van der Waals surface area (Å²) in [6.07, 6.45) is 0.777. The van der Waals surface area contributed by atoms with Crippen molar-refractivity contribution >= 4 is 5.91 Å². The normalized spacial score (nSPS) is 13.4. The molecule has 0 aliphatic carbocycles. The molecule has 2 aromatic carbocycles. The zero-order valence-corrected chi connectivity index (χ0v) is 22.9. The number of carbonyl (C=O) groups excluding carboxylic acids is 1. The second-order valence-electron chi connectivity index (χ2n) is 9.86. The zero-order chi connectivity index (χ0) is 29.1. The van der Waals surface area contributed by atoms with Crippen molar-refractivity contribution in [2.75, 3.05) is 27.8 Å². The predicted octanol–water partition coefficient (Wildman–Crippen LogP) is 3.66. The van der Waals surface area contributed by atoms with Crippen LogP contribution in [0.3, 0.4) is 0 Å². The van der Waals surface area contributed by atoms with E-state index in [1.54, 1.807) is 10.9 Å². The molecule has 0 fully saturated rings. The molecule has 0 bridgehead atoms. The smallest absolute Gasteiger partial charge is 0.283 e. The van der Waals surface area contributed by atoms with Gasteiger partial charge >= 0.3 is 0 Å². The Labute approximate surface area is 234 Å². The van der Waals surface area contributed by atoms with Crippen LogP contribution >= 0.6 is 0 Å². The topological polar surface area (TPSA) is 99.3 Å². The SMILES string of the molecule is COCc1nn(Cc2ccc3c(c2)CCN(C)C3)cc1C(=O)NCc1c(-n2cc(C(F)F)nn2)ccc(OC)c1F. The van der Waals surface area contributed by atoms with Crippen LogP contribution in [0.25, 0.3) is 5.69 Å². The van der Waals surface area contributed by atoms with E-state index in [0.29, 0.717) is 12.2 Å². The molecule has 10 nitrogen and oxygen atoms in total. The summed E-state index contributed by atoms with van der Waals surface area (Å²) < 4.78 is 54.5. The first-order valence-electron chi connectivity index (χ1n) is 13.0. The van der Waals surface area contributed by atoms with Crippen molar-refractivity contribution in [2.24, 2.45) is 0 Å².